The molecule has 26 heavy (non-hydrogen) atoms. The van der Waals surface area contributed by atoms with Crippen LogP contribution < -0.4 is 5.32 Å². The molecule has 6 heteroatoms. The SMILES string of the molecule is Clc1cccc(C2=NCCN2)c1CCC1=COC(c2ccccc2Br)O1. The van der Waals surface area contributed by atoms with Gasteiger partial charge in [0.25, 0.3) is 6.29 Å². The molecule has 0 aliphatic carbocycles. The van der Waals surface area contributed by atoms with Gasteiger partial charge in [0.15, 0.2) is 0 Å². The van der Waals surface area contributed by atoms with Crippen LogP contribution in [-0.4, -0.2) is 18.9 Å². The molecular weight excluding hydrogens is 416 g/mol. The maximum atomic E-state index is 6.46. The van der Waals surface area contributed by atoms with E-state index in [9.17, 15) is 0 Å². The molecule has 0 amide bonds. The Morgan fingerprint density at radius 3 is 2.85 bits per heavy atom. The molecule has 4 rings (SSSR count). The van der Waals surface area contributed by atoms with Crippen molar-refractivity contribution < 1.29 is 9.47 Å². The zero-order valence-electron chi connectivity index (χ0n) is 14.0. The standard InChI is InChI=1S/C20H18BrClN2O2/c21-17-6-2-1-4-16(17)20-25-12-13(26-20)8-9-14-15(5-3-7-18(14)22)19-23-10-11-24-19/h1-7,12,20H,8-11H2,(H,23,24). The van der Waals surface area contributed by atoms with Crippen molar-refractivity contribution >= 4 is 33.4 Å². The number of hydrogen-bond acceptors (Lipinski definition) is 4. The lowest BCUT2D eigenvalue weighted by atomic mass is 10.0. The van der Waals surface area contributed by atoms with E-state index >= 15 is 0 Å². The molecule has 0 bridgehead atoms. The number of aliphatic imine (C=N–C) groups is 1. The number of amidine groups is 1. The van der Waals surface area contributed by atoms with E-state index in [1.807, 2.05) is 36.4 Å². The Labute approximate surface area is 166 Å². The van der Waals surface area contributed by atoms with Crippen molar-refractivity contribution in [2.75, 3.05) is 13.1 Å². The van der Waals surface area contributed by atoms with Crippen molar-refractivity contribution in [2.24, 2.45) is 4.99 Å². The van der Waals surface area contributed by atoms with Crippen LogP contribution >= 0.6 is 27.5 Å². The maximum absolute atomic E-state index is 6.46. The number of benzene rings is 2. The predicted octanol–water partition coefficient (Wildman–Crippen LogP) is 4.97. The molecule has 0 saturated heterocycles. The summed E-state index contributed by atoms with van der Waals surface area (Å²) in [5, 5.41) is 4.07. The van der Waals surface area contributed by atoms with E-state index < -0.39 is 6.29 Å². The molecule has 2 aliphatic heterocycles. The Hall–Kier alpha value is -1.98. The van der Waals surface area contributed by atoms with Gasteiger partial charge in [-0.3, -0.25) is 4.99 Å². The Bertz CT molecular complexity index is 882. The van der Waals surface area contributed by atoms with Crippen LogP contribution in [-0.2, 0) is 15.9 Å². The van der Waals surface area contributed by atoms with Gasteiger partial charge < -0.3 is 14.8 Å². The van der Waals surface area contributed by atoms with Gasteiger partial charge in [-0.05, 0) is 24.1 Å². The van der Waals surface area contributed by atoms with Crippen LogP contribution in [0, 0.1) is 0 Å². The summed E-state index contributed by atoms with van der Waals surface area (Å²) in [5.41, 5.74) is 3.12. The van der Waals surface area contributed by atoms with E-state index in [4.69, 9.17) is 21.1 Å². The van der Waals surface area contributed by atoms with Gasteiger partial charge >= 0.3 is 0 Å². The van der Waals surface area contributed by atoms with Crippen molar-refractivity contribution in [3.8, 4) is 0 Å². The van der Waals surface area contributed by atoms with Crippen LogP contribution in [0.25, 0.3) is 0 Å². The summed E-state index contributed by atoms with van der Waals surface area (Å²) in [5.74, 6) is 1.74. The summed E-state index contributed by atoms with van der Waals surface area (Å²) >= 11 is 10.00. The molecule has 4 nitrogen and oxygen atoms in total. The van der Waals surface area contributed by atoms with Crippen LogP contribution in [0.15, 0.2) is 64.0 Å². The third kappa shape index (κ3) is 3.60. The van der Waals surface area contributed by atoms with Crippen molar-refractivity contribution in [2.45, 2.75) is 19.1 Å². The lowest BCUT2D eigenvalue weighted by molar-refractivity contribution is -0.0359. The topological polar surface area (TPSA) is 42.9 Å². The maximum Gasteiger partial charge on any atom is 0.267 e. The van der Waals surface area contributed by atoms with Gasteiger partial charge in [-0.25, -0.2) is 0 Å². The molecule has 0 fully saturated rings. The second-order valence-corrected chi connectivity index (χ2v) is 7.38. The average Bonchev–Trinajstić information content (AvgIpc) is 3.33. The zero-order valence-corrected chi connectivity index (χ0v) is 16.4. The average molecular weight is 434 g/mol. The van der Waals surface area contributed by atoms with Crippen molar-refractivity contribution in [3.63, 3.8) is 0 Å². The minimum absolute atomic E-state index is 0.410. The first-order valence-corrected chi connectivity index (χ1v) is 9.71. The highest BCUT2D eigenvalue weighted by Crippen LogP contribution is 2.35. The normalized spacial score (nSPS) is 18.6. The molecule has 0 aromatic heterocycles. The molecule has 1 atom stereocenters. The van der Waals surface area contributed by atoms with Crippen LogP contribution in [0.2, 0.25) is 5.02 Å². The van der Waals surface area contributed by atoms with Crippen LogP contribution in [0.4, 0.5) is 0 Å². The third-order valence-electron chi connectivity index (χ3n) is 4.41. The Balaban J connectivity index is 1.45. The fourth-order valence-electron chi connectivity index (χ4n) is 3.11. The Morgan fingerprint density at radius 2 is 2.04 bits per heavy atom. The highest BCUT2D eigenvalue weighted by atomic mass is 79.9. The summed E-state index contributed by atoms with van der Waals surface area (Å²) < 4.78 is 12.6. The van der Waals surface area contributed by atoms with E-state index in [0.717, 1.165) is 57.3 Å². The first-order valence-electron chi connectivity index (χ1n) is 8.54. The summed E-state index contributed by atoms with van der Waals surface area (Å²) in [4.78, 5) is 4.52. The van der Waals surface area contributed by atoms with Crippen molar-refractivity contribution in [1.29, 1.82) is 0 Å². The number of rotatable bonds is 5. The van der Waals surface area contributed by atoms with Crippen molar-refractivity contribution in [3.05, 3.63) is 80.7 Å². The van der Waals surface area contributed by atoms with E-state index in [1.165, 1.54) is 0 Å². The van der Waals surface area contributed by atoms with Gasteiger partial charge in [0.05, 0.1) is 6.54 Å². The van der Waals surface area contributed by atoms with Gasteiger partial charge in [-0.15, -0.1) is 0 Å². The summed E-state index contributed by atoms with van der Waals surface area (Å²) in [6.45, 7) is 1.67. The van der Waals surface area contributed by atoms with E-state index in [-0.39, 0.29) is 0 Å². The number of ether oxygens (including phenoxy) is 2. The highest BCUT2D eigenvalue weighted by Gasteiger charge is 2.24. The number of nitrogens with zero attached hydrogens (tertiary/aromatic N) is 1. The highest BCUT2D eigenvalue weighted by molar-refractivity contribution is 9.10. The molecule has 2 aromatic carbocycles. The first kappa shape index (κ1) is 17.4. The molecule has 0 radical (unpaired) electrons. The molecule has 2 aromatic rings. The predicted molar refractivity (Wildman–Crippen MR) is 106 cm³/mol. The minimum Gasteiger partial charge on any atom is -0.455 e. The summed E-state index contributed by atoms with van der Waals surface area (Å²) in [6.07, 6.45) is 2.76. The smallest absolute Gasteiger partial charge is 0.267 e. The summed E-state index contributed by atoms with van der Waals surface area (Å²) in [7, 11) is 0. The van der Waals surface area contributed by atoms with Crippen LogP contribution in [0.1, 0.15) is 29.4 Å². The van der Waals surface area contributed by atoms with Crippen LogP contribution in [0.5, 0.6) is 0 Å². The van der Waals surface area contributed by atoms with Crippen molar-refractivity contribution in [1.82, 2.24) is 5.32 Å². The Morgan fingerprint density at radius 1 is 1.15 bits per heavy atom. The number of hydrogen-bond donors (Lipinski definition) is 1. The molecule has 2 heterocycles. The second-order valence-electron chi connectivity index (χ2n) is 6.11. The van der Waals surface area contributed by atoms with Gasteiger partial charge in [0.1, 0.15) is 17.9 Å². The van der Waals surface area contributed by atoms with Gasteiger partial charge in [-0.2, -0.15) is 0 Å². The molecule has 1 unspecified atom stereocenters. The van der Waals surface area contributed by atoms with Gasteiger partial charge in [0.2, 0.25) is 0 Å². The Kier molecular flexibility index (Phi) is 5.18. The zero-order chi connectivity index (χ0) is 17.9. The molecule has 1 N–H and O–H groups in total. The lowest BCUT2D eigenvalue weighted by Crippen LogP contribution is -2.21. The van der Waals surface area contributed by atoms with Crippen LogP contribution in [0.3, 0.4) is 0 Å². The monoisotopic (exact) mass is 432 g/mol. The number of nitrogens with one attached hydrogen (secondary N) is 1. The van der Waals surface area contributed by atoms with E-state index in [1.54, 1.807) is 6.26 Å². The first-order chi connectivity index (χ1) is 12.7. The molecular formula is C20H18BrClN2O2. The molecule has 0 saturated carbocycles. The number of allylic oxidation sites excluding steroid dienone is 1. The lowest BCUT2D eigenvalue weighted by Gasteiger charge is -2.15. The molecule has 0 spiro atoms. The summed E-state index contributed by atoms with van der Waals surface area (Å²) in [6, 6.07) is 13.8. The fourth-order valence-corrected chi connectivity index (χ4v) is 3.85. The van der Waals surface area contributed by atoms with Gasteiger partial charge in [-0.1, -0.05) is 57.9 Å². The molecule has 2 aliphatic rings. The van der Waals surface area contributed by atoms with E-state index in [0.29, 0.717) is 6.42 Å². The quantitative estimate of drug-likeness (QED) is 0.724. The van der Waals surface area contributed by atoms with E-state index in [2.05, 4.69) is 32.3 Å². The largest absolute Gasteiger partial charge is 0.455 e. The van der Waals surface area contributed by atoms with Gasteiger partial charge in [0, 0.05) is 33.6 Å². The number of halogens is 2. The second kappa shape index (κ2) is 7.72. The fraction of sp³-hybridized carbons (Fsp3) is 0.250. The third-order valence-corrected chi connectivity index (χ3v) is 5.49. The molecule has 134 valence electrons. The minimum atomic E-state index is -0.410.